The molecule has 0 radical (unpaired) electrons. The van der Waals surface area contributed by atoms with Crippen LogP contribution in [0.3, 0.4) is 0 Å². The second-order valence-electron chi connectivity index (χ2n) is 6.99. The van der Waals surface area contributed by atoms with Gasteiger partial charge in [0.05, 0.1) is 11.6 Å². The van der Waals surface area contributed by atoms with Crippen LogP contribution < -0.4 is 5.76 Å². The third kappa shape index (κ3) is 3.02. The summed E-state index contributed by atoms with van der Waals surface area (Å²) in [4.78, 5) is 14.5. The fraction of sp³-hybridized carbons (Fsp3) is 0.474. The standard InChI is InChI=1S/C19H23N3O3/c1-13(2)18-12-14(20-25-18)15-7-5-9-21(15)10-11-22-16-6-3-4-8-17(16)24-19(22)23/h3-4,6,8,12-13,15H,5,7,9-11H2,1-2H3. The maximum Gasteiger partial charge on any atom is 0.419 e. The third-order valence-electron chi connectivity index (χ3n) is 5.01. The lowest BCUT2D eigenvalue weighted by atomic mass is 10.1. The minimum atomic E-state index is -0.291. The van der Waals surface area contributed by atoms with Crippen molar-refractivity contribution in [3.05, 3.63) is 52.3 Å². The third-order valence-corrected chi connectivity index (χ3v) is 5.01. The molecule has 1 fully saturated rings. The molecular weight excluding hydrogens is 318 g/mol. The summed E-state index contributed by atoms with van der Waals surface area (Å²) in [5.41, 5.74) is 2.50. The zero-order chi connectivity index (χ0) is 17.4. The Balaban J connectivity index is 1.51. The highest BCUT2D eigenvalue weighted by Gasteiger charge is 2.29. The highest BCUT2D eigenvalue weighted by atomic mass is 16.5. The molecule has 2 aromatic heterocycles. The number of fused-ring (bicyclic) bond motifs is 1. The van der Waals surface area contributed by atoms with E-state index >= 15 is 0 Å². The quantitative estimate of drug-likeness (QED) is 0.710. The van der Waals surface area contributed by atoms with Gasteiger partial charge in [-0.25, -0.2) is 4.79 Å². The largest absolute Gasteiger partial charge is 0.419 e. The number of aromatic nitrogens is 2. The molecule has 1 aromatic carbocycles. The fourth-order valence-corrected chi connectivity index (χ4v) is 3.62. The average molecular weight is 341 g/mol. The van der Waals surface area contributed by atoms with E-state index in [1.807, 2.05) is 24.3 Å². The van der Waals surface area contributed by atoms with Crippen LogP contribution in [0.15, 0.2) is 44.1 Å². The van der Waals surface area contributed by atoms with Gasteiger partial charge in [-0.15, -0.1) is 0 Å². The molecule has 3 heterocycles. The molecule has 6 nitrogen and oxygen atoms in total. The van der Waals surface area contributed by atoms with Crippen molar-refractivity contribution in [3.8, 4) is 0 Å². The molecule has 132 valence electrons. The number of hydrogen-bond donors (Lipinski definition) is 0. The van der Waals surface area contributed by atoms with E-state index in [2.05, 4.69) is 30.0 Å². The normalized spacial score (nSPS) is 18.6. The second kappa shape index (κ2) is 6.52. The molecule has 0 aliphatic carbocycles. The van der Waals surface area contributed by atoms with E-state index in [1.165, 1.54) is 0 Å². The Morgan fingerprint density at radius 2 is 2.12 bits per heavy atom. The van der Waals surface area contributed by atoms with Crippen molar-refractivity contribution in [3.63, 3.8) is 0 Å². The highest BCUT2D eigenvalue weighted by Crippen LogP contribution is 2.32. The van der Waals surface area contributed by atoms with Crippen LogP contribution in [0.4, 0.5) is 0 Å². The summed E-state index contributed by atoms with van der Waals surface area (Å²) in [7, 11) is 0. The van der Waals surface area contributed by atoms with Gasteiger partial charge in [0.1, 0.15) is 11.5 Å². The Labute approximate surface area is 146 Å². The summed E-state index contributed by atoms with van der Waals surface area (Å²) in [5, 5.41) is 4.28. The number of rotatable bonds is 5. The van der Waals surface area contributed by atoms with Crippen molar-refractivity contribution >= 4 is 11.1 Å². The molecule has 0 amide bonds. The minimum Gasteiger partial charge on any atom is -0.408 e. The molecule has 1 atom stereocenters. The molecule has 6 heteroatoms. The van der Waals surface area contributed by atoms with Gasteiger partial charge in [0.25, 0.3) is 0 Å². The summed E-state index contributed by atoms with van der Waals surface area (Å²) in [5.74, 6) is 0.978. The van der Waals surface area contributed by atoms with E-state index in [0.29, 0.717) is 18.0 Å². The molecule has 0 spiro atoms. The molecule has 1 unspecified atom stereocenters. The highest BCUT2D eigenvalue weighted by molar-refractivity contribution is 5.72. The SMILES string of the molecule is CC(C)c1cc(C2CCCN2CCn2c(=O)oc3ccccc32)no1. The number of likely N-dealkylation sites (tertiary alicyclic amines) is 1. The van der Waals surface area contributed by atoms with E-state index in [0.717, 1.165) is 42.9 Å². The van der Waals surface area contributed by atoms with Crippen molar-refractivity contribution in [1.29, 1.82) is 0 Å². The van der Waals surface area contributed by atoms with Crippen molar-refractivity contribution in [2.75, 3.05) is 13.1 Å². The maximum atomic E-state index is 12.1. The van der Waals surface area contributed by atoms with Gasteiger partial charge in [0.15, 0.2) is 5.58 Å². The van der Waals surface area contributed by atoms with Gasteiger partial charge in [-0.2, -0.15) is 0 Å². The van der Waals surface area contributed by atoms with Crippen LogP contribution in [0.1, 0.15) is 50.1 Å². The van der Waals surface area contributed by atoms with Crippen molar-refractivity contribution in [2.45, 2.75) is 45.2 Å². The Morgan fingerprint density at radius 1 is 1.28 bits per heavy atom. The molecule has 1 aliphatic heterocycles. The van der Waals surface area contributed by atoms with Gasteiger partial charge in [-0.3, -0.25) is 9.47 Å². The molecule has 0 bridgehead atoms. The van der Waals surface area contributed by atoms with Crippen molar-refractivity contribution in [2.24, 2.45) is 0 Å². The zero-order valence-corrected chi connectivity index (χ0v) is 14.6. The summed E-state index contributed by atoms with van der Waals surface area (Å²) in [6.45, 7) is 6.62. The van der Waals surface area contributed by atoms with Crippen molar-refractivity contribution in [1.82, 2.24) is 14.6 Å². The van der Waals surface area contributed by atoms with Gasteiger partial charge < -0.3 is 8.94 Å². The summed E-state index contributed by atoms with van der Waals surface area (Å²) < 4.78 is 12.5. The van der Waals surface area contributed by atoms with Crippen LogP contribution in [0.25, 0.3) is 11.1 Å². The molecule has 1 saturated heterocycles. The molecule has 3 aromatic rings. The molecular formula is C19H23N3O3. The van der Waals surface area contributed by atoms with Crippen LogP contribution >= 0.6 is 0 Å². The van der Waals surface area contributed by atoms with Crippen LogP contribution in [-0.2, 0) is 6.54 Å². The van der Waals surface area contributed by atoms with E-state index < -0.39 is 0 Å². The number of nitrogens with zero attached hydrogens (tertiary/aromatic N) is 3. The van der Waals surface area contributed by atoms with E-state index in [4.69, 9.17) is 8.94 Å². The predicted molar refractivity (Wildman–Crippen MR) is 94.6 cm³/mol. The lowest BCUT2D eigenvalue weighted by Crippen LogP contribution is -2.29. The lowest BCUT2D eigenvalue weighted by Gasteiger charge is -2.22. The van der Waals surface area contributed by atoms with Crippen molar-refractivity contribution < 1.29 is 8.94 Å². The molecule has 1 aliphatic rings. The Morgan fingerprint density at radius 3 is 2.92 bits per heavy atom. The Kier molecular flexibility index (Phi) is 4.21. The maximum absolute atomic E-state index is 12.1. The van der Waals surface area contributed by atoms with E-state index in [9.17, 15) is 4.79 Å². The first-order chi connectivity index (χ1) is 12.1. The number of para-hydroxylation sites is 2. The van der Waals surface area contributed by atoms with Crippen LogP contribution in [0, 0.1) is 0 Å². The smallest absolute Gasteiger partial charge is 0.408 e. The molecule has 0 N–H and O–H groups in total. The topological polar surface area (TPSA) is 64.4 Å². The lowest BCUT2D eigenvalue weighted by molar-refractivity contribution is 0.234. The summed E-state index contributed by atoms with van der Waals surface area (Å²) in [6.07, 6.45) is 2.21. The van der Waals surface area contributed by atoms with E-state index in [1.54, 1.807) is 4.57 Å². The van der Waals surface area contributed by atoms with Crippen LogP contribution in [0.2, 0.25) is 0 Å². The number of benzene rings is 1. The van der Waals surface area contributed by atoms with Gasteiger partial charge >= 0.3 is 5.76 Å². The minimum absolute atomic E-state index is 0.269. The van der Waals surface area contributed by atoms with Crippen LogP contribution in [0.5, 0.6) is 0 Å². The van der Waals surface area contributed by atoms with Gasteiger partial charge in [0.2, 0.25) is 0 Å². The predicted octanol–water partition coefficient (Wildman–Crippen LogP) is 3.54. The van der Waals surface area contributed by atoms with Gasteiger partial charge in [-0.05, 0) is 31.5 Å². The Hall–Kier alpha value is -2.34. The van der Waals surface area contributed by atoms with Gasteiger partial charge in [-0.1, -0.05) is 31.1 Å². The van der Waals surface area contributed by atoms with Gasteiger partial charge in [0, 0.05) is 25.1 Å². The molecule has 0 saturated carbocycles. The number of hydrogen-bond acceptors (Lipinski definition) is 5. The number of oxazole rings is 1. The Bertz CT molecular complexity index is 921. The monoisotopic (exact) mass is 341 g/mol. The molecule has 25 heavy (non-hydrogen) atoms. The van der Waals surface area contributed by atoms with E-state index in [-0.39, 0.29) is 11.8 Å². The average Bonchev–Trinajstić information content (AvgIpc) is 3.30. The first-order valence-electron chi connectivity index (χ1n) is 8.92. The first kappa shape index (κ1) is 16.1. The summed E-state index contributed by atoms with van der Waals surface area (Å²) in [6, 6.07) is 9.90. The summed E-state index contributed by atoms with van der Waals surface area (Å²) >= 11 is 0. The first-order valence-corrected chi connectivity index (χ1v) is 8.92. The molecule has 4 rings (SSSR count). The van der Waals surface area contributed by atoms with Crippen LogP contribution in [-0.4, -0.2) is 27.7 Å². The fourth-order valence-electron chi connectivity index (χ4n) is 3.62. The zero-order valence-electron chi connectivity index (χ0n) is 14.6. The second-order valence-corrected chi connectivity index (χ2v) is 6.99.